The van der Waals surface area contributed by atoms with Gasteiger partial charge in [-0.3, -0.25) is 4.79 Å². The van der Waals surface area contributed by atoms with E-state index in [9.17, 15) is 4.79 Å². The zero-order chi connectivity index (χ0) is 14.4. The van der Waals surface area contributed by atoms with Crippen molar-refractivity contribution in [3.05, 3.63) is 35.4 Å². The molecule has 2 rings (SSSR count). The Hall–Kier alpha value is -1.35. The van der Waals surface area contributed by atoms with E-state index < -0.39 is 0 Å². The van der Waals surface area contributed by atoms with Crippen molar-refractivity contribution in [3.63, 3.8) is 0 Å². The van der Waals surface area contributed by atoms with Gasteiger partial charge in [0.25, 0.3) is 0 Å². The van der Waals surface area contributed by atoms with Gasteiger partial charge in [-0.05, 0) is 29.9 Å². The van der Waals surface area contributed by atoms with Crippen LogP contribution in [0.2, 0.25) is 0 Å². The normalized spacial score (nSPS) is 15.8. The summed E-state index contributed by atoms with van der Waals surface area (Å²) in [5.41, 5.74) is 2.58. The van der Waals surface area contributed by atoms with Crippen LogP contribution >= 0.6 is 0 Å². The fraction of sp³-hybridized carbons (Fsp3) is 0.588. The monoisotopic (exact) mass is 274 g/mol. The molecule has 2 N–H and O–H groups in total. The van der Waals surface area contributed by atoms with Crippen molar-refractivity contribution in [2.24, 2.45) is 0 Å². The smallest absolute Gasteiger partial charge is 0.234 e. The second-order valence-electron chi connectivity index (χ2n) is 6.05. The zero-order valence-corrected chi connectivity index (χ0v) is 12.6. The summed E-state index contributed by atoms with van der Waals surface area (Å²) < 4.78 is 0. The molecule has 0 atom stereocenters. The summed E-state index contributed by atoms with van der Waals surface area (Å²) >= 11 is 0. The highest BCUT2D eigenvalue weighted by Gasteiger charge is 2.16. The molecule has 0 radical (unpaired) electrons. The van der Waals surface area contributed by atoms with Crippen molar-refractivity contribution in [1.29, 1.82) is 0 Å². The molecule has 1 aliphatic rings. The molecule has 0 aliphatic heterocycles. The topological polar surface area (TPSA) is 41.1 Å². The molecule has 1 aromatic rings. The summed E-state index contributed by atoms with van der Waals surface area (Å²) in [6, 6.07) is 9.02. The Labute approximate surface area is 122 Å². The summed E-state index contributed by atoms with van der Waals surface area (Å²) in [4.78, 5) is 11.8. The van der Waals surface area contributed by atoms with Gasteiger partial charge in [0.05, 0.1) is 6.54 Å². The van der Waals surface area contributed by atoms with E-state index in [0.717, 1.165) is 19.4 Å². The van der Waals surface area contributed by atoms with E-state index >= 15 is 0 Å². The molecule has 1 aromatic carbocycles. The first kappa shape index (κ1) is 15.0. The predicted octanol–water partition coefficient (Wildman–Crippen LogP) is 2.96. The quantitative estimate of drug-likeness (QED) is 0.837. The van der Waals surface area contributed by atoms with Gasteiger partial charge in [-0.15, -0.1) is 0 Å². The average Bonchev–Trinajstić information content (AvgIpc) is 2.92. The van der Waals surface area contributed by atoms with Crippen molar-refractivity contribution in [3.8, 4) is 0 Å². The fourth-order valence-electron chi connectivity index (χ4n) is 2.69. The lowest BCUT2D eigenvalue weighted by atomic mass is 10.0. The third kappa shape index (κ3) is 4.64. The standard InChI is InChI=1S/C17H26N2O/c1-13(2)15-9-7-14(8-10-15)11-18-12-17(20)19-16-5-3-4-6-16/h7-10,13,16,18H,3-6,11-12H2,1-2H3,(H,19,20). The molecule has 0 bridgehead atoms. The van der Waals surface area contributed by atoms with E-state index in [2.05, 4.69) is 48.7 Å². The largest absolute Gasteiger partial charge is 0.352 e. The first-order valence-electron chi connectivity index (χ1n) is 7.74. The van der Waals surface area contributed by atoms with E-state index in [-0.39, 0.29) is 5.91 Å². The molecule has 0 unspecified atom stereocenters. The van der Waals surface area contributed by atoms with Crippen LogP contribution in [0.1, 0.15) is 56.6 Å². The minimum Gasteiger partial charge on any atom is -0.352 e. The Morgan fingerprint density at radius 1 is 1.20 bits per heavy atom. The number of nitrogens with one attached hydrogen (secondary N) is 2. The van der Waals surface area contributed by atoms with Gasteiger partial charge in [0, 0.05) is 12.6 Å². The summed E-state index contributed by atoms with van der Waals surface area (Å²) in [6.45, 7) is 5.54. The average molecular weight is 274 g/mol. The van der Waals surface area contributed by atoms with Crippen molar-refractivity contribution >= 4 is 5.91 Å². The summed E-state index contributed by atoms with van der Waals surface area (Å²) in [5, 5.41) is 6.30. The summed E-state index contributed by atoms with van der Waals surface area (Å²) in [7, 11) is 0. The van der Waals surface area contributed by atoms with Gasteiger partial charge in [-0.2, -0.15) is 0 Å². The number of hydrogen-bond acceptors (Lipinski definition) is 2. The van der Waals surface area contributed by atoms with Gasteiger partial charge in [0.1, 0.15) is 0 Å². The zero-order valence-electron chi connectivity index (χ0n) is 12.6. The third-order valence-electron chi connectivity index (χ3n) is 3.98. The Kier molecular flexibility index (Phi) is 5.60. The van der Waals surface area contributed by atoms with Crippen LogP contribution in [0.4, 0.5) is 0 Å². The predicted molar refractivity (Wildman–Crippen MR) is 82.6 cm³/mol. The highest BCUT2D eigenvalue weighted by atomic mass is 16.1. The molecule has 3 heteroatoms. The van der Waals surface area contributed by atoms with Crippen LogP contribution in [0.15, 0.2) is 24.3 Å². The Balaban J connectivity index is 1.68. The van der Waals surface area contributed by atoms with Crippen LogP contribution in [-0.2, 0) is 11.3 Å². The molecule has 3 nitrogen and oxygen atoms in total. The molecule has 0 aromatic heterocycles. The van der Waals surface area contributed by atoms with Crippen LogP contribution in [0.25, 0.3) is 0 Å². The molecular weight excluding hydrogens is 248 g/mol. The van der Waals surface area contributed by atoms with Crippen molar-refractivity contribution in [2.45, 2.75) is 58.0 Å². The van der Waals surface area contributed by atoms with Crippen LogP contribution in [-0.4, -0.2) is 18.5 Å². The minimum absolute atomic E-state index is 0.121. The lowest BCUT2D eigenvalue weighted by Crippen LogP contribution is -2.38. The molecule has 0 spiro atoms. The van der Waals surface area contributed by atoms with Crippen LogP contribution in [0.3, 0.4) is 0 Å². The maximum absolute atomic E-state index is 11.8. The van der Waals surface area contributed by atoms with Gasteiger partial charge in [-0.25, -0.2) is 0 Å². The Bertz CT molecular complexity index is 419. The molecule has 1 amide bonds. The van der Waals surface area contributed by atoms with Crippen molar-refractivity contribution in [2.75, 3.05) is 6.54 Å². The number of amides is 1. The molecular formula is C17H26N2O. The van der Waals surface area contributed by atoms with Gasteiger partial charge in [0.2, 0.25) is 5.91 Å². The van der Waals surface area contributed by atoms with E-state index in [1.54, 1.807) is 0 Å². The second-order valence-corrected chi connectivity index (χ2v) is 6.05. The minimum atomic E-state index is 0.121. The van der Waals surface area contributed by atoms with Crippen LogP contribution in [0, 0.1) is 0 Å². The maximum Gasteiger partial charge on any atom is 0.234 e. The molecule has 110 valence electrons. The van der Waals surface area contributed by atoms with Crippen molar-refractivity contribution < 1.29 is 4.79 Å². The van der Waals surface area contributed by atoms with E-state index in [1.165, 1.54) is 24.0 Å². The lowest BCUT2D eigenvalue weighted by Gasteiger charge is -2.12. The molecule has 1 saturated carbocycles. The van der Waals surface area contributed by atoms with E-state index in [1.807, 2.05) is 0 Å². The number of carbonyl (C=O) groups excluding carboxylic acids is 1. The summed E-state index contributed by atoms with van der Waals surface area (Å²) in [5.74, 6) is 0.685. The van der Waals surface area contributed by atoms with Crippen LogP contribution < -0.4 is 10.6 Å². The summed E-state index contributed by atoms with van der Waals surface area (Å²) in [6.07, 6.45) is 4.78. The maximum atomic E-state index is 11.8. The number of carbonyl (C=O) groups is 1. The third-order valence-corrected chi connectivity index (χ3v) is 3.98. The van der Waals surface area contributed by atoms with Gasteiger partial charge >= 0.3 is 0 Å². The van der Waals surface area contributed by atoms with Gasteiger partial charge in [0.15, 0.2) is 0 Å². The number of rotatable bonds is 6. The second kappa shape index (κ2) is 7.44. The Morgan fingerprint density at radius 3 is 2.45 bits per heavy atom. The van der Waals surface area contributed by atoms with Crippen molar-refractivity contribution in [1.82, 2.24) is 10.6 Å². The number of hydrogen-bond donors (Lipinski definition) is 2. The first-order chi connectivity index (χ1) is 9.65. The number of benzene rings is 1. The van der Waals surface area contributed by atoms with Gasteiger partial charge < -0.3 is 10.6 Å². The van der Waals surface area contributed by atoms with Gasteiger partial charge in [-0.1, -0.05) is 51.0 Å². The highest BCUT2D eigenvalue weighted by molar-refractivity contribution is 5.78. The van der Waals surface area contributed by atoms with E-state index in [4.69, 9.17) is 0 Å². The molecule has 1 fully saturated rings. The van der Waals surface area contributed by atoms with Crippen LogP contribution in [0.5, 0.6) is 0 Å². The molecule has 20 heavy (non-hydrogen) atoms. The molecule has 1 aliphatic carbocycles. The lowest BCUT2D eigenvalue weighted by molar-refractivity contribution is -0.120. The highest BCUT2D eigenvalue weighted by Crippen LogP contribution is 2.17. The molecule has 0 heterocycles. The SMILES string of the molecule is CC(C)c1ccc(CNCC(=O)NC2CCCC2)cc1. The fourth-order valence-corrected chi connectivity index (χ4v) is 2.69. The Morgan fingerprint density at radius 2 is 1.85 bits per heavy atom. The molecule has 0 saturated heterocycles. The first-order valence-corrected chi connectivity index (χ1v) is 7.74. The van der Waals surface area contributed by atoms with E-state index in [0.29, 0.717) is 18.5 Å².